The van der Waals surface area contributed by atoms with E-state index in [1.54, 1.807) is 12.1 Å². The summed E-state index contributed by atoms with van der Waals surface area (Å²) < 4.78 is 0.725. The van der Waals surface area contributed by atoms with Crippen molar-refractivity contribution in [2.75, 3.05) is 11.9 Å². The molecule has 0 spiro atoms. The van der Waals surface area contributed by atoms with Gasteiger partial charge in [-0.15, -0.1) is 0 Å². The van der Waals surface area contributed by atoms with Crippen molar-refractivity contribution in [1.29, 1.82) is 0 Å². The Hall–Kier alpha value is -1.10. The highest BCUT2D eigenvalue weighted by molar-refractivity contribution is 9.10. The van der Waals surface area contributed by atoms with Crippen molar-refractivity contribution in [3.05, 3.63) is 32.8 Å². The fourth-order valence-corrected chi connectivity index (χ4v) is 2.37. The maximum atomic E-state index is 11.1. The van der Waals surface area contributed by atoms with E-state index in [2.05, 4.69) is 36.7 Å². The van der Waals surface area contributed by atoms with Crippen molar-refractivity contribution in [3.8, 4) is 0 Å². The van der Waals surface area contributed by atoms with Crippen molar-refractivity contribution in [2.45, 2.75) is 33.2 Å². The molecule has 0 aliphatic carbocycles. The highest BCUT2D eigenvalue weighted by Crippen LogP contribution is 2.32. The standard InChI is InChI=1S/C13H19BrN2O2/c1-9(2)7-10(3)15(4)12-6-5-11(14)8-13(12)16(17)18/h5-6,8-10H,7H2,1-4H3. The lowest BCUT2D eigenvalue weighted by Crippen LogP contribution is -2.30. The molecular weight excluding hydrogens is 296 g/mol. The van der Waals surface area contributed by atoms with Crippen LogP contribution >= 0.6 is 15.9 Å². The minimum absolute atomic E-state index is 0.141. The van der Waals surface area contributed by atoms with Gasteiger partial charge in [-0.1, -0.05) is 29.8 Å². The molecule has 0 heterocycles. The minimum Gasteiger partial charge on any atom is -0.366 e. The highest BCUT2D eigenvalue weighted by Gasteiger charge is 2.21. The Morgan fingerprint density at radius 3 is 2.50 bits per heavy atom. The van der Waals surface area contributed by atoms with Gasteiger partial charge in [-0.25, -0.2) is 0 Å². The van der Waals surface area contributed by atoms with Gasteiger partial charge in [-0.2, -0.15) is 0 Å². The van der Waals surface area contributed by atoms with Crippen LogP contribution in [0.25, 0.3) is 0 Å². The zero-order valence-corrected chi connectivity index (χ0v) is 12.8. The van der Waals surface area contributed by atoms with E-state index >= 15 is 0 Å². The van der Waals surface area contributed by atoms with Crippen molar-refractivity contribution in [2.24, 2.45) is 5.92 Å². The van der Waals surface area contributed by atoms with Crippen LogP contribution in [0, 0.1) is 16.0 Å². The molecule has 0 aliphatic heterocycles. The van der Waals surface area contributed by atoms with Crippen molar-refractivity contribution in [3.63, 3.8) is 0 Å². The molecule has 1 unspecified atom stereocenters. The molecule has 0 fully saturated rings. The lowest BCUT2D eigenvalue weighted by Gasteiger charge is -2.28. The zero-order chi connectivity index (χ0) is 13.9. The highest BCUT2D eigenvalue weighted by atomic mass is 79.9. The topological polar surface area (TPSA) is 46.4 Å². The third kappa shape index (κ3) is 3.70. The van der Waals surface area contributed by atoms with E-state index in [9.17, 15) is 10.1 Å². The first-order valence-corrected chi connectivity index (χ1v) is 6.79. The average molecular weight is 315 g/mol. The quantitative estimate of drug-likeness (QED) is 0.603. The molecule has 100 valence electrons. The predicted molar refractivity (Wildman–Crippen MR) is 78.1 cm³/mol. The number of halogens is 1. The first-order valence-electron chi connectivity index (χ1n) is 5.99. The third-order valence-electron chi connectivity index (χ3n) is 2.99. The summed E-state index contributed by atoms with van der Waals surface area (Å²) in [7, 11) is 1.91. The fourth-order valence-electron chi connectivity index (χ4n) is 2.02. The molecule has 0 saturated heterocycles. The number of rotatable bonds is 5. The molecular formula is C13H19BrN2O2. The summed E-state index contributed by atoms with van der Waals surface area (Å²) in [4.78, 5) is 12.7. The zero-order valence-electron chi connectivity index (χ0n) is 11.2. The molecule has 0 saturated carbocycles. The maximum Gasteiger partial charge on any atom is 0.293 e. The monoisotopic (exact) mass is 314 g/mol. The lowest BCUT2D eigenvalue weighted by atomic mass is 10.0. The predicted octanol–water partition coefficient (Wildman–Crippen LogP) is 4.23. The van der Waals surface area contributed by atoms with Crippen LogP contribution < -0.4 is 4.90 Å². The van der Waals surface area contributed by atoms with Crippen LogP contribution in [0.4, 0.5) is 11.4 Å². The summed E-state index contributed by atoms with van der Waals surface area (Å²) in [5.74, 6) is 0.567. The van der Waals surface area contributed by atoms with Crippen LogP contribution in [0.1, 0.15) is 27.2 Å². The molecule has 18 heavy (non-hydrogen) atoms. The van der Waals surface area contributed by atoms with E-state index in [0.717, 1.165) is 10.9 Å². The molecule has 4 nitrogen and oxygen atoms in total. The Morgan fingerprint density at radius 2 is 2.00 bits per heavy atom. The Morgan fingerprint density at radius 1 is 1.39 bits per heavy atom. The van der Waals surface area contributed by atoms with Gasteiger partial charge >= 0.3 is 0 Å². The summed E-state index contributed by atoms with van der Waals surface area (Å²) in [6.07, 6.45) is 1.00. The first kappa shape index (κ1) is 15.0. The van der Waals surface area contributed by atoms with Gasteiger partial charge in [0.05, 0.1) is 4.92 Å². The minimum atomic E-state index is -0.335. The number of nitro groups is 1. The largest absolute Gasteiger partial charge is 0.366 e. The summed E-state index contributed by atoms with van der Waals surface area (Å²) in [5, 5.41) is 11.1. The Bertz CT molecular complexity index is 435. The van der Waals surface area contributed by atoms with Gasteiger partial charge in [0.2, 0.25) is 0 Å². The van der Waals surface area contributed by atoms with Gasteiger partial charge in [0.1, 0.15) is 5.69 Å². The SMILES string of the molecule is CC(C)CC(C)N(C)c1ccc(Br)cc1[N+](=O)[O-]. The van der Waals surface area contributed by atoms with Crippen LogP contribution in [0.5, 0.6) is 0 Å². The molecule has 0 bridgehead atoms. The fraction of sp³-hybridized carbons (Fsp3) is 0.538. The number of nitro benzene ring substituents is 1. The Kier molecular flexibility index (Phi) is 5.14. The molecule has 5 heteroatoms. The molecule has 0 amide bonds. The van der Waals surface area contributed by atoms with Crippen LogP contribution in [-0.2, 0) is 0 Å². The molecule has 1 aromatic carbocycles. The van der Waals surface area contributed by atoms with Gasteiger partial charge in [0.25, 0.3) is 5.69 Å². The second-order valence-electron chi connectivity index (χ2n) is 4.98. The normalized spacial score (nSPS) is 12.6. The summed E-state index contributed by atoms with van der Waals surface area (Å²) in [6, 6.07) is 5.44. The van der Waals surface area contributed by atoms with Gasteiger partial charge < -0.3 is 4.90 Å². The maximum absolute atomic E-state index is 11.1. The van der Waals surface area contributed by atoms with Gasteiger partial charge in [-0.05, 0) is 31.4 Å². The molecule has 0 N–H and O–H groups in total. The third-order valence-corrected chi connectivity index (χ3v) is 3.48. The molecule has 1 rings (SSSR count). The molecule has 0 radical (unpaired) electrons. The first-order chi connectivity index (χ1) is 8.32. The number of benzene rings is 1. The summed E-state index contributed by atoms with van der Waals surface area (Å²) in [6.45, 7) is 6.40. The van der Waals surface area contributed by atoms with Crippen molar-refractivity contribution < 1.29 is 4.92 Å². The number of anilines is 1. The van der Waals surface area contributed by atoms with E-state index in [0.29, 0.717) is 11.6 Å². The van der Waals surface area contributed by atoms with E-state index in [1.165, 1.54) is 0 Å². The van der Waals surface area contributed by atoms with Gasteiger partial charge in [0.15, 0.2) is 0 Å². The van der Waals surface area contributed by atoms with Crippen LogP contribution in [0.2, 0.25) is 0 Å². The molecule has 0 aliphatic rings. The van der Waals surface area contributed by atoms with Crippen molar-refractivity contribution >= 4 is 27.3 Å². The van der Waals surface area contributed by atoms with Crippen LogP contribution in [0.15, 0.2) is 22.7 Å². The average Bonchev–Trinajstić information content (AvgIpc) is 2.26. The molecule has 1 aromatic rings. The number of nitrogens with zero attached hydrogens (tertiary/aromatic N) is 2. The smallest absolute Gasteiger partial charge is 0.293 e. The summed E-state index contributed by atoms with van der Waals surface area (Å²) in [5.41, 5.74) is 0.804. The molecule has 1 atom stereocenters. The van der Waals surface area contributed by atoms with E-state index in [1.807, 2.05) is 18.0 Å². The van der Waals surface area contributed by atoms with Crippen LogP contribution in [-0.4, -0.2) is 18.0 Å². The van der Waals surface area contributed by atoms with Gasteiger partial charge in [0, 0.05) is 23.6 Å². The van der Waals surface area contributed by atoms with Gasteiger partial charge in [-0.3, -0.25) is 10.1 Å². The van der Waals surface area contributed by atoms with E-state index < -0.39 is 0 Å². The summed E-state index contributed by atoms with van der Waals surface area (Å²) >= 11 is 3.27. The Balaban J connectivity index is 3.04. The van der Waals surface area contributed by atoms with E-state index in [4.69, 9.17) is 0 Å². The number of hydrogen-bond donors (Lipinski definition) is 0. The number of hydrogen-bond acceptors (Lipinski definition) is 3. The molecule has 0 aromatic heterocycles. The second-order valence-corrected chi connectivity index (χ2v) is 5.90. The van der Waals surface area contributed by atoms with Crippen LogP contribution in [0.3, 0.4) is 0 Å². The lowest BCUT2D eigenvalue weighted by molar-refractivity contribution is -0.384. The second kappa shape index (κ2) is 6.18. The van der Waals surface area contributed by atoms with E-state index in [-0.39, 0.29) is 16.7 Å². The Labute approximate surface area is 116 Å². The van der Waals surface area contributed by atoms with Crippen molar-refractivity contribution in [1.82, 2.24) is 0 Å².